The van der Waals surface area contributed by atoms with Crippen molar-refractivity contribution >= 4 is 38.5 Å². The molecule has 1 atom stereocenters. The minimum absolute atomic E-state index is 0.109. The van der Waals surface area contributed by atoms with Gasteiger partial charge in [-0.1, -0.05) is 83.7 Å². The Kier molecular flexibility index (Phi) is 8.22. The van der Waals surface area contributed by atoms with Crippen molar-refractivity contribution in [3.05, 3.63) is 76.8 Å². The molecule has 0 aliphatic heterocycles. The molecule has 4 rings (SSSR count). The standard InChI is InChI=1S/C28H31BrN2O3/c1-20(28(33)30-24-10-3-2-4-11-24)31(18-21-14-16-23(29)17-15-21)27(32)19-34-26-13-7-9-22-8-5-6-12-25(22)26/h5-9,12-17,20,24H,2-4,10-11,18-19H2,1H3,(H,30,33). The maximum Gasteiger partial charge on any atom is 0.261 e. The number of nitrogens with zero attached hydrogens (tertiary/aromatic N) is 1. The quantitative estimate of drug-likeness (QED) is 0.403. The molecule has 1 fully saturated rings. The van der Waals surface area contributed by atoms with Gasteiger partial charge in [-0.25, -0.2) is 0 Å². The van der Waals surface area contributed by atoms with E-state index in [4.69, 9.17) is 4.74 Å². The van der Waals surface area contributed by atoms with Crippen LogP contribution in [0.1, 0.15) is 44.6 Å². The summed E-state index contributed by atoms with van der Waals surface area (Å²) in [5.41, 5.74) is 0.957. The third-order valence-electron chi connectivity index (χ3n) is 6.49. The number of halogens is 1. The lowest BCUT2D eigenvalue weighted by atomic mass is 9.95. The van der Waals surface area contributed by atoms with Crippen LogP contribution in [0.2, 0.25) is 0 Å². The largest absolute Gasteiger partial charge is 0.483 e. The van der Waals surface area contributed by atoms with Gasteiger partial charge in [-0.2, -0.15) is 0 Å². The summed E-state index contributed by atoms with van der Waals surface area (Å²) >= 11 is 3.45. The fourth-order valence-electron chi connectivity index (χ4n) is 4.48. The molecule has 1 aliphatic rings. The minimum Gasteiger partial charge on any atom is -0.483 e. The lowest BCUT2D eigenvalue weighted by Gasteiger charge is -2.31. The molecule has 0 heterocycles. The van der Waals surface area contributed by atoms with Gasteiger partial charge in [-0.05, 0) is 48.9 Å². The van der Waals surface area contributed by atoms with E-state index in [0.29, 0.717) is 12.3 Å². The van der Waals surface area contributed by atoms with Crippen LogP contribution in [0.3, 0.4) is 0 Å². The monoisotopic (exact) mass is 522 g/mol. The van der Waals surface area contributed by atoms with Crippen molar-refractivity contribution in [2.75, 3.05) is 6.61 Å². The van der Waals surface area contributed by atoms with Crippen LogP contribution in [-0.2, 0) is 16.1 Å². The van der Waals surface area contributed by atoms with E-state index in [9.17, 15) is 9.59 Å². The Labute approximate surface area is 209 Å². The number of fused-ring (bicyclic) bond motifs is 1. The molecule has 1 unspecified atom stereocenters. The summed E-state index contributed by atoms with van der Waals surface area (Å²) in [6.45, 7) is 2.00. The Bertz CT molecular complexity index is 1120. The van der Waals surface area contributed by atoms with E-state index in [1.165, 1.54) is 6.42 Å². The molecule has 0 radical (unpaired) electrons. The van der Waals surface area contributed by atoms with Crippen LogP contribution in [0, 0.1) is 0 Å². The Hall–Kier alpha value is -2.86. The number of carbonyl (C=O) groups is 2. The molecule has 1 N–H and O–H groups in total. The molecular formula is C28H31BrN2O3. The first-order valence-corrected chi connectivity index (χ1v) is 12.8. The molecule has 1 aliphatic carbocycles. The molecule has 34 heavy (non-hydrogen) atoms. The fourth-order valence-corrected chi connectivity index (χ4v) is 4.75. The summed E-state index contributed by atoms with van der Waals surface area (Å²) in [7, 11) is 0. The van der Waals surface area contributed by atoms with Gasteiger partial charge in [0.25, 0.3) is 5.91 Å². The number of ether oxygens (including phenoxy) is 1. The molecule has 0 bridgehead atoms. The molecule has 178 valence electrons. The van der Waals surface area contributed by atoms with Crippen molar-refractivity contribution in [3.8, 4) is 5.75 Å². The summed E-state index contributed by atoms with van der Waals surface area (Å²) in [4.78, 5) is 28.1. The second-order valence-electron chi connectivity index (χ2n) is 8.93. The van der Waals surface area contributed by atoms with Crippen molar-refractivity contribution in [1.29, 1.82) is 0 Å². The highest BCUT2D eigenvalue weighted by atomic mass is 79.9. The van der Waals surface area contributed by atoms with Crippen molar-refractivity contribution in [2.24, 2.45) is 0 Å². The predicted octanol–water partition coefficient (Wildman–Crippen LogP) is 5.85. The maximum atomic E-state index is 13.4. The number of amides is 2. The average molecular weight is 523 g/mol. The van der Waals surface area contributed by atoms with Gasteiger partial charge in [-0.3, -0.25) is 9.59 Å². The highest BCUT2D eigenvalue weighted by Crippen LogP contribution is 2.25. The van der Waals surface area contributed by atoms with Crippen LogP contribution >= 0.6 is 15.9 Å². The molecule has 0 saturated heterocycles. The van der Waals surface area contributed by atoms with E-state index in [1.54, 1.807) is 11.8 Å². The molecule has 2 amide bonds. The zero-order valence-corrected chi connectivity index (χ0v) is 21.1. The zero-order chi connectivity index (χ0) is 23.9. The van der Waals surface area contributed by atoms with Gasteiger partial charge < -0.3 is 15.0 Å². The van der Waals surface area contributed by atoms with E-state index in [1.807, 2.05) is 66.7 Å². The van der Waals surface area contributed by atoms with Crippen molar-refractivity contribution in [3.63, 3.8) is 0 Å². The van der Waals surface area contributed by atoms with Crippen LogP contribution < -0.4 is 10.1 Å². The van der Waals surface area contributed by atoms with Gasteiger partial charge >= 0.3 is 0 Å². The van der Waals surface area contributed by atoms with Crippen LogP contribution in [0.4, 0.5) is 0 Å². The third kappa shape index (κ3) is 6.17. The highest BCUT2D eigenvalue weighted by molar-refractivity contribution is 9.10. The first-order valence-electron chi connectivity index (χ1n) is 12.0. The average Bonchev–Trinajstić information content (AvgIpc) is 2.87. The molecular weight excluding hydrogens is 492 g/mol. The van der Waals surface area contributed by atoms with Crippen LogP contribution in [0.25, 0.3) is 10.8 Å². The summed E-state index contributed by atoms with van der Waals surface area (Å²) in [5, 5.41) is 5.18. The predicted molar refractivity (Wildman–Crippen MR) is 139 cm³/mol. The number of nitrogens with one attached hydrogen (secondary N) is 1. The van der Waals surface area contributed by atoms with Crippen LogP contribution in [0.5, 0.6) is 5.75 Å². The fraction of sp³-hybridized carbons (Fsp3) is 0.357. The van der Waals surface area contributed by atoms with E-state index < -0.39 is 6.04 Å². The van der Waals surface area contributed by atoms with Gasteiger partial charge in [0.1, 0.15) is 11.8 Å². The molecule has 5 nitrogen and oxygen atoms in total. The number of benzene rings is 3. The molecule has 6 heteroatoms. The Morgan fingerprint density at radius 3 is 2.47 bits per heavy atom. The van der Waals surface area contributed by atoms with Crippen LogP contribution in [-0.4, -0.2) is 35.4 Å². The Balaban J connectivity index is 1.49. The van der Waals surface area contributed by atoms with Crippen LogP contribution in [0.15, 0.2) is 71.2 Å². The number of hydrogen-bond acceptors (Lipinski definition) is 3. The van der Waals surface area contributed by atoms with Gasteiger partial charge in [0.05, 0.1) is 0 Å². The lowest BCUT2D eigenvalue weighted by molar-refractivity contribution is -0.142. The second-order valence-corrected chi connectivity index (χ2v) is 9.85. The SMILES string of the molecule is CC(C(=O)NC1CCCCC1)N(Cc1ccc(Br)cc1)C(=O)COc1cccc2ccccc12. The summed E-state index contributed by atoms with van der Waals surface area (Å²) < 4.78 is 6.94. The van der Waals surface area contributed by atoms with Crippen molar-refractivity contribution < 1.29 is 14.3 Å². The maximum absolute atomic E-state index is 13.4. The van der Waals surface area contributed by atoms with E-state index >= 15 is 0 Å². The zero-order valence-electron chi connectivity index (χ0n) is 19.5. The third-order valence-corrected chi connectivity index (χ3v) is 7.01. The normalized spacial score (nSPS) is 15.0. The molecule has 1 saturated carbocycles. The van der Waals surface area contributed by atoms with Crippen molar-refractivity contribution in [1.82, 2.24) is 10.2 Å². The smallest absolute Gasteiger partial charge is 0.261 e. The topological polar surface area (TPSA) is 58.6 Å². The first-order chi connectivity index (χ1) is 16.5. The van der Waals surface area contributed by atoms with Gasteiger partial charge in [-0.15, -0.1) is 0 Å². The van der Waals surface area contributed by atoms with E-state index in [0.717, 1.165) is 46.5 Å². The Morgan fingerprint density at radius 2 is 1.71 bits per heavy atom. The van der Waals surface area contributed by atoms with E-state index in [2.05, 4.69) is 21.2 Å². The highest BCUT2D eigenvalue weighted by Gasteiger charge is 2.28. The number of carbonyl (C=O) groups excluding carboxylic acids is 2. The number of hydrogen-bond donors (Lipinski definition) is 1. The van der Waals surface area contributed by atoms with Gasteiger partial charge in [0.15, 0.2) is 6.61 Å². The molecule has 0 aromatic heterocycles. The summed E-state index contributed by atoms with van der Waals surface area (Å²) in [5.74, 6) is 0.332. The van der Waals surface area contributed by atoms with E-state index in [-0.39, 0.29) is 24.5 Å². The molecule has 3 aromatic carbocycles. The van der Waals surface area contributed by atoms with Gasteiger partial charge in [0.2, 0.25) is 5.91 Å². The summed E-state index contributed by atoms with van der Waals surface area (Å²) in [6, 6.07) is 21.1. The Morgan fingerprint density at radius 1 is 1.00 bits per heavy atom. The lowest BCUT2D eigenvalue weighted by Crippen LogP contribution is -2.51. The second kappa shape index (κ2) is 11.5. The first kappa shape index (κ1) is 24.3. The van der Waals surface area contributed by atoms with Gasteiger partial charge in [0, 0.05) is 22.4 Å². The summed E-state index contributed by atoms with van der Waals surface area (Å²) in [6.07, 6.45) is 5.51. The minimum atomic E-state index is -0.603. The molecule has 0 spiro atoms. The molecule has 3 aromatic rings. The van der Waals surface area contributed by atoms with Crippen molar-refractivity contribution in [2.45, 2.75) is 57.7 Å². The number of rotatable bonds is 8.